The molecule has 0 unspecified atom stereocenters. The minimum atomic E-state index is -0.192. The van der Waals surface area contributed by atoms with E-state index in [9.17, 15) is 14.4 Å². The maximum absolute atomic E-state index is 12.6. The number of rotatable bonds is 10. The van der Waals surface area contributed by atoms with Crippen molar-refractivity contribution in [2.24, 2.45) is 0 Å². The van der Waals surface area contributed by atoms with Gasteiger partial charge in [-0.05, 0) is 73.2 Å². The van der Waals surface area contributed by atoms with Crippen molar-refractivity contribution in [1.29, 1.82) is 0 Å². The molecule has 0 fully saturated rings. The predicted molar refractivity (Wildman–Crippen MR) is 143 cm³/mol. The highest BCUT2D eigenvalue weighted by Gasteiger charge is 2.21. The van der Waals surface area contributed by atoms with Gasteiger partial charge in [-0.3, -0.25) is 9.59 Å². The Morgan fingerprint density at radius 2 is 1.29 bits per heavy atom. The smallest absolute Gasteiger partial charge is 0.222 e. The zero-order chi connectivity index (χ0) is 25.4. The summed E-state index contributed by atoms with van der Waals surface area (Å²) in [4.78, 5) is 36.6. The molecule has 0 aliphatic carbocycles. The molecule has 0 heterocycles. The molecule has 0 amide bonds. The van der Waals surface area contributed by atoms with Crippen LogP contribution in [0.25, 0.3) is 5.57 Å². The van der Waals surface area contributed by atoms with E-state index in [1.54, 1.807) is 43.7 Å². The summed E-state index contributed by atoms with van der Waals surface area (Å²) in [6.45, 7) is 1.55. The highest BCUT2D eigenvalue weighted by molar-refractivity contribution is 8.13. The van der Waals surface area contributed by atoms with E-state index in [1.165, 1.54) is 14.2 Å². The van der Waals surface area contributed by atoms with Crippen LogP contribution in [0.3, 0.4) is 0 Å². The molecule has 0 saturated heterocycles. The van der Waals surface area contributed by atoms with E-state index < -0.39 is 0 Å². The number of hydrogen-bond acceptors (Lipinski definition) is 7. The second-order valence-electron chi connectivity index (χ2n) is 7.27. The van der Waals surface area contributed by atoms with Crippen LogP contribution in [-0.2, 0) is 4.79 Å². The molecule has 0 radical (unpaired) electrons. The molecule has 0 N–H and O–H groups in total. The number of allylic oxidation sites excluding steroid dienone is 1. The van der Waals surface area contributed by atoms with Crippen molar-refractivity contribution in [3.8, 4) is 11.5 Å². The first-order chi connectivity index (χ1) is 16.2. The van der Waals surface area contributed by atoms with Crippen LogP contribution in [0, 0.1) is 0 Å². The number of ketones is 1. The van der Waals surface area contributed by atoms with Gasteiger partial charge in [0.05, 0.1) is 35.4 Å². The fraction of sp³-hybridized carbons (Fsp3) is 0.320. The average Bonchev–Trinajstić information content (AvgIpc) is 2.81. The third kappa shape index (κ3) is 6.81. The number of methoxy groups -OCH3 is 2. The second-order valence-corrected chi connectivity index (χ2v) is 9.65. The molecule has 2 aromatic carbocycles. The topological polar surface area (TPSA) is 69.7 Å². The lowest BCUT2D eigenvalue weighted by molar-refractivity contribution is -0.117. The minimum absolute atomic E-state index is 0.107. The normalized spacial score (nSPS) is 10.6. The van der Waals surface area contributed by atoms with Crippen molar-refractivity contribution in [1.82, 2.24) is 0 Å². The van der Waals surface area contributed by atoms with Crippen LogP contribution in [0.2, 0.25) is 10.0 Å². The number of ether oxygens (including phenoxy) is 2. The summed E-state index contributed by atoms with van der Waals surface area (Å²) in [5, 5.41) is 0.184. The average molecular weight is 542 g/mol. The second kappa shape index (κ2) is 13.2. The van der Waals surface area contributed by atoms with Gasteiger partial charge < -0.3 is 14.3 Å². The van der Waals surface area contributed by atoms with Gasteiger partial charge in [-0.2, -0.15) is 0 Å². The van der Waals surface area contributed by atoms with Gasteiger partial charge >= 0.3 is 0 Å². The van der Waals surface area contributed by atoms with Gasteiger partial charge in [-0.25, -0.2) is 0 Å². The van der Waals surface area contributed by atoms with E-state index in [-0.39, 0.29) is 26.1 Å². The summed E-state index contributed by atoms with van der Waals surface area (Å²) in [6.07, 6.45) is 7.03. The summed E-state index contributed by atoms with van der Waals surface area (Å²) in [5.41, 5.74) is 2.73. The van der Waals surface area contributed by atoms with Crippen molar-refractivity contribution >= 4 is 68.3 Å². The molecule has 5 nitrogen and oxygen atoms in total. The number of carbonyl (C=O) groups is 3. The third-order valence-corrected chi connectivity index (χ3v) is 6.75. The van der Waals surface area contributed by atoms with Gasteiger partial charge in [0.15, 0.2) is 0 Å². The Labute approximate surface area is 218 Å². The number of carbonyl (C=O) groups excluding carboxylic acids is 3. The van der Waals surface area contributed by atoms with E-state index in [1.807, 2.05) is 6.08 Å². The van der Waals surface area contributed by atoms with Gasteiger partial charge in [0.1, 0.15) is 17.3 Å². The molecule has 0 aliphatic rings. The summed E-state index contributed by atoms with van der Waals surface area (Å²) >= 11 is 15.1. The van der Waals surface area contributed by atoms with Gasteiger partial charge in [-0.15, -0.1) is 0 Å². The highest BCUT2D eigenvalue weighted by atomic mass is 35.5. The van der Waals surface area contributed by atoms with E-state index in [0.717, 1.165) is 29.1 Å². The van der Waals surface area contributed by atoms with Crippen LogP contribution in [0.15, 0.2) is 30.3 Å². The van der Waals surface area contributed by atoms with Crippen molar-refractivity contribution in [2.45, 2.75) is 26.2 Å². The van der Waals surface area contributed by atoms with Crippen molar-refractivity contribution in [3.63, 3.8) is 0 Å². The van der Waals surface area contributed by atoms with Crippen molar-refractivity contribution < 1.29 is 23.9 Å². The number of hydrogen-bond donors (Lipinski definition) is 0. The Balaban J connectivity index is 2.76. The van der Waals surface area contributed by atoms with Crippen molar-refractivity contribution in [3.05, 3.63) is 62.6 Å². The van der Waals surface area contributed by atoms with Crippen LogP contribution in [0.1, 0.15) is 58.0 Å². The van der Waals surface area contributed by atoms with Crippen LogP contribution in [0.4, 0.5) is 0 Å². The molecule has 0 aromatic heterocycles. The zero-order valence-corrected chi connectivity index (χ0v) is 22.8. The van der Waals surface area contributed by atoms with Gasteiger partial charge in [0.25, 0.3) is 0 Å². The van der Waals surface area contributed by atoms with E-state index >= 15 is 0 Å². The minimum Gasteiger partial charge on any atom is -0.494 e. The lowest BCUT2D eigenvalue weighted by Crippen LogP contribution is -2.03. The summed E-state index contributed by atoms with van der Waals surface area (Å²) in [5.74, 6) is 0.703. The van der Waals surface area contributed by atoms with Crippen molar-refractivity contribution in [2.75, 3.05) is 26.7 Å². The van der Waals surface area contributed by atoms with Gasteiger partial charge in [0, 0.05) is 6.42 Å². The first kappa shape index (κ1) is 28.3. The summed E-state index contributed by atoms with van der Waals surface area (Å²) < 4.78 is 10.7. The number of thioether (sulfide) groups is 2. The molecule has 9 heteroatoms. The first-order valence-corrected chi connectivity index (χ1v) is 13.5. The third-order valence-electron chi connectivity index (χ3n) is 5.01. The lowest BCUT2D eigenvalue weighted by atomic mass is 9.93. The number of halogens is 2. The Kier molecular flexibility index (Phi) is 11.0. The Bertz CT molecular complexity index is 1050. The SMILES string of the molecule is COc1c(Cl)cc(C(=CCCCC(C)=O)c2cc(Cl)c(OC)c(C(=O)SC)c2)cc1C(=O)SC. The quantitative estimate of drug-likeness (QED) is 0.295. The number of Topliss-reactive ketones (excluding diaryl/α,β-unsaturated/α-hetero) is 1. The molecule has 0 aliphatic heterocycles. The lowest BCUT2D eigenvalue weighted by Gasteiger charge is -2.17. The number of unbranched alkanes of at least 4 members (excludes halogenated alkanes) is 1. The van der Waals surface area contributed by atoms with Gasteiger partial charge in [-0.1, -0.05) is 52.8 Å². The fourth-order valence-electron chi connectivity index (χ4n) is 3.44. The van der Waals surface area contributed by atoms with E-state index in [4.69, 9.17) is 32.7 Å². The van der Waals surface area contributed by atoms with Gasteiger partial charge in [0.2, 0.25) is 10.2 Å². The molecule has 182 valence electrons. The van der Waals surface area contributed by atoms with Crippen LogP contribution in [-0.4, -0.2) is 42.7 Å². The zero-order valence-electron chi connectivity index (χ0n) is 19.6. The van der Waals surface area contributed by atoms with E-state index in [0.29, 0.717) is 53.0 Å². The van der Waals surface area contributed by atoms with Crippen LogP contribution < -0.4 is 9.47 Å². The highest BCUT2D eigenvalue weighted by Crippen LogP contribution is 2.39. The van der Waals surface area contributed by atoms with Crippen LogP contribution >= 0.6 is 46.7 Å². The molecule has 0 bridgehead atoms. The molecular formula is C25H26Cl2O5S2. The maximum atomic E-state index is 12.6. The Morgan fingerprint density at radius 1 is 0.853 bits per heavy atom. The molecular weight excluding hydrogens is 515 g/mol. The molecule has 0 saturated carbocycles. The fourth-order valence-corrected chi connectivity index (χ4v) is 4.77. The molecule has 0 atom stereocenters. The first-order valence-electron chi connectivity index (χ1n) is 10.3. The Morgan fingerprint density at radius 3 is 1.65 bits per heavy atom. The number of benzene rings is 2. The molecule has 34 heavy (non-hydrogen) atoms. The summed E-state index contributed by atoms with van der Waals surface area (Å²) in [7, 11) is 2.92. The maximum Gasteiger partial charge on any atom is 0.222 e. The van der Waals surface area contributed by atoms with Crippen LogP contribution in [0.5, 0.6) is 11.5 Å². The largest absolute Gasteiger partial charge is 0.494 e. The predicted octanol–water partition coefficient (Wildman–Crippen LogP) is 7.21. The standard InChI is InChI=1S/C25H26Cl2O5S2/c1-14(28)8-6-7-9-17(15-10-18(24(29)33-4)22(31-2)20(26)12-15)16-11-19(25(30)34-5)23(32-3)21(27)13-16/h9-13H,6-8H2,1-5H3. The molecule has 2 aromatic rings. The summed E-state index contributed by atoms with van der Waals surface area (Å²) in [6, 6.07) is 6.86. The monoisotopic (exact) mass is 540 g/mol. The Hall–Kier alpha value is -1.93. The van der Waals surface area contributed by atoms with E-state index in [2.05, 4.69) is 0 Å². The molecule has 2 rings (SSSR count). The molecule has 0 spiro atoms.